The highest BCUT2D eigenvalue weighted by Crippen LogP contribution is 2.36. The van der Waals surface area contributed by atoms with Crippen LogP contribution in [0.15, 0.2) is 28.0 Å². The molecule has 0 saturated carbocycles. The number of nitrogens with zero attached hydrogens (tertiary/aromatic N) is 1. The largest absolute Gasteiger partial charge is 0.257 e. The van der Waals surface area contributed by atoms with Crippen molar-refractivity contribution in [3.8, 4) is 0 Å². The maximum Gasteiger partial charge on any atom is 0.257 e. The Balaban J connectivity index is 3.03. The van der Waals surface area contributed by atoms with E-state index in [9.17, 15) is 16.8 Å². The van der Waals surface area contributed by atoms with E-state index < -0.39 is 20.0 Å². The average molecular weight is 247 g/mol. The van der Waals surface area contributed by atoms with Gasteiger partial charge in [-0.05, 0) is 18.6 Å². The molecular formula is C8H9NO4S2. The lowest BCUT2D eigenvalue weighted by atomic mass is 10.2. The van der Waals surface area contributed by atoms with E-state index in [1.165, 1.54) is 12.1 Å². The minimum Gasteiger partial charge on any atom is -0.206 e. The van der Waals surface area contributed by atoms with Crippen molar-refractivity contribution in [1.29, 1.82) is 0 Å². The summed E-state index contributed by atoms with van der Waals surface area (Å²) in [6.07, 6.45) is 0. The summed E-state index contributed by atoms with van der Waals surface area (Å²) in [6.45, 7) is 1.57. The van der Waals surface area contributed by atoms with Crippen LogP contribution in [0.25, 0.3) is 0 Å². The Hall–Kier alpha value is -0.920. The molecule has 0 aliphatic carbocycles. The fraction of sp³-hybridized carbons (Fsp3) is 0.250. The first kappa shape index (κ1) is 10.6. The molecule has 1 aromatic rings. The predicted octanol–water partition coefficient (Wildman–Crippen LogP) is 0.318. The molecule has 2 rings (SSSR count). The fourth-order valence-corrected chi connectivity index (χ4v) is 5.66. The lowest BCUT2D eigenvalue weighted by Gasteiger charge is -2.05. The smallest absolute Gasteiger partial charge is 0.206 e. The van der Waals surface area contributed by atoms with Gasteiger partial charge < -0.3 is 0 Å². The van der Waals surface area contributed by atoms with Gasteiger partial charge in [-0.15, -0.1) is 0 Å². The van der Waals surface area contributed by atoms with E-state index in [1.54, 1.807) is 13.0 Å². The lowest BCUT2D eigenvalue weighted by Crippen LogP contribution is -2.25. The van der Waals surface area contributed by atoms with Crippen molar-refractivity contribution in [1.82, 2.24) is 3.71 Å². The lowest BCUT2D eigenvalue weighted by molar-refractivity contribution is 0.537. The third kappa shape index (κ3) is 1.17. The minimum absolute atomic E-state index is 0.104. The zero-order chi connectivity index (χ0) is 11.4. The topological polar surface area (TPSA) is 71.5 Å². The Kier molecular flexibility index (Phi) is 1.98. The molecule has 0 bridgehead atoms. The maximum atomic E-state index is 11.8. The summed E-state index contributed by atoms with van der Waals surface area (Å²) in [7, 11) is -6.70. The number of fused-ring (bicyclic) bond motifs is 1. The van der Waals surface area contributed by atoms with Gasteiger partial charge in [-0.1, -0.05) is 15.8 Å². The number of hydrogen-bond donors (Lipinski definition) is 0. The molecule has 1 aromatic carbocycles. The molecule has 0 N–H and O–H groups in total. The Morgan fingerprint density at radius 2 is 1.67 bits per heavy atom. The van der Waals surface area contributed by atoms with Gasteiger partial charge in [-0.2, -0.15) is 0 Å². The fourth-order valence-electron chi connectivity index (χ4n) is 1.56. The first-order valence-electron chi connectivity index (χ1n) is 4.13. The highest BCUT2D eigenvalue weighted by molar-refractivity contribution is 8.06. The number of benzene rings is 1. The molecule has 7 heteroatoms. The number of hydrogen-bond acceptors (Lipinski definition) is 4. The van der Waals surface area contributed by atoms with E-state index in [-0.39, 0.29) is 9.79 Å². The van der Waals surface area contributed by atoms with Crippen LogP contribution in [-0.4, -0.2) is 27.6 Å². The Morgan fingerprint density at radius 1 is 1.07 bits per heavy atom. The van der Waals surface area contributed by atoms with Gasteiger partial charge in [0.1, 0.15) is 9.79 Å². The number of rotatable bonds is 0. The molecular weight excluding hydrogens is 238 g/mol. The van der Waals surface area contributed by atoms with Gasteiger partial charge in [0.2, 0.25) is 0 Å². The molecule has 15 heavy (non-hydrogen) atoms. The SMILES string of the molecule is Cc1cccc2c1S(=O)(=O)N(C)S2(=O)=O. The molecule has 5 nitrogen and oxygen atoms in total. The first-order valence-corrected chi connectivity index (χ1v) is 7.01. The Morgan fingerprint density at radius 3 is 2.20 bits per heavy atom. The molecule has 0 aromatic heterocycles. The summed E-state index contributed by atoms with van der Waals surface area (Å²) in [5.41, 5.74) is 0.445. The van der Waals surface area contributed by atoms with Crippen molar-refractivity contribution < 1.29 is 16.8 Å². The van der Waals surface area contributed by atoms with Gasteiger partial charge in [0, 0.05) is 7.05 Å². The number of sulfonamides is 2. The van der Waals surface area contributed by atoms with Crippen molar-refractivity contribution in [3.05, 3.63) is 23.8 Å². The van der Waals surface area contributed by atoms with E-state index in [4.69, 9.17) is 0 Å². The van der Waals surface area contributed by atoms with Crippen LogP contribution in [0.1, 0.15) is 5.56 Å². The van der Waals surface area contributed by atoms with Crippen LogP contribution in [-0.2, 0) is 20.0 Å². The van der Waals surface area contributed by atoms with Crippen LogP contribution in [0.3, 0.4) is 0 Å². The minimum atomic E-state index is -3.88. The van der Waals surface area contributed by atoms with Crippen LogP contribution in [0, 0.1) is 6.92 Å². The molecule has 0 saturated heterocycles. The second-order valence-electron chi connectivity index (χ2n) is 3.29. The zero-order valence-corrected chi connectivity index (χ0v) is 9.76. The van der Waals surface area contributed by atoms with Crippen LogP contribution in [0.2, 0.25) is 0 Å². The summed E-state index contributed by atoms with van der Waals surface area (Å²) in [5, 5.41) is 0. The maximum absolute atomic E-state index is 11.8. The molecule has 1 heterocycles. The summed E-state index contributed by atoms with van der Waals surface area (Å²) < 4.78 is 47.3. The molecule has 0 amide bonds. The molecule has 0 atom stereocenters. The van der Waals surface area contributed by atoms with Gasteiger partial charge in [-0.3, -0.25) is 0 Å². The second kappa shape index (κ2) is 2.81. The Labute approximate surface area is 88.4 Å². The molecule has 1 aliphatic heterocycles. The highest BCUT2D eigenvalue weighted by atomic mass is 32.3. The molecule has 82 valence electrons. The van der Waals surface area contributed by atoms with Crippen molar-refractivity contribution in [2.75, 3.05) is 7.05 Å². The van der Waals surface area contributed by atoms with Crippen molar-refractivity contribution in [3.63, 3.8) is 0 Å². The summed E-state index contributed by atoms with van der Waals surface area (Å²) >= 11 is 0. The molecule has 1 aliphatic rings. The standard InChI is InChI=1S/C8H9NO4S2/c1-6-4-3-5-7-8(6)15(12,13)9(2)14(7,10)11/h3-5H,1-2H3. The molecule has 0 fully saturated rings. The van der Waals surface area contributed by atoms with Gasteiger partial charge in [-0.25, -0.2) is 16.8 Å². The van der Waals surface area contributed by atoms with Gasteiger partial charge in [0.05, 0.1) is 0 Å². The van der Waals surface area contributed by atoms with Crippen molar-refractivity contribution in [2.45, 2.75) is 16.7 Å². The number of aryl methyl sites for hydroxylation is 1. The van der Waals surface area contributed by atoms with Crippen molar-refractivity contribution in [2.24, 2.45) is 0 Å². The van der Waals surface area contributed by atoms with Gasteiger partial charge in [0.15, 0.2) is 0 Å². The van der Waals surface area contributed by atoms with Crippen molar-refractivity contribution >= 4 is 20.0 Å². The van der Waals surface area contributed by atoms with E-state index in [0.29, 0.717) is 9.27 Å². The van der Waals surface area contributed by atoms with E-state index in [1.807, 2.05) is 0 Å². The van der Waals surface area contributed by atoms with Crippen LogP contribution < -0.4 is 0 Å². The molecule has 0 unspecified atom stereocenters. The second-order valence-corrected chi connectivity index (χ2v) is 7.37. The third-order valence-electron chi connectivity index (χ3n) is 2.39. The highest BCUT2D eigenvalue weighted by Gasteiger charge is 2.45. The first-order chi connectivity index (χ1) is 6.79. The monoisotopic (exact) mass is 247 g/mol. The zero-order valence-electron chi connectivity index (χ0n) is 8.13. The Bertz CT molecular complexity index is 631. The van der Waals surface area contributed by atoms with E-state index in [0.717, 1.165) is 7.05 Å². The third-order valence-corrected chi connectivity index (χ3v) is 7.00. The average Bonchev–Trinajstić information content (AvgIpc) is 2.27. The molecule has 0 spiro atoms. The van der Waals surface area contributed by atoms with Gasteiger partial charge in [0.25, 0.3) is 20.0 Å². The van der Waals surface area contributed by atoms with E-state index in [2.05, 4.69) is 0 Å². The van der Waals surface area contributed by atoms with Crippen LogP contribution >= 0.6 is 0 Å². The summed E-state index contributed by atoms with van der Waals surface area (Å²) in [6, 6.07) is 4.41. The van der Waals surface area contributed by atoms with Crippen LogP contribution in [0.5, 0.6) is 0 Å². The molecule has 0 radical (unpaired) electrons. The predicted molar refractivity (Wildman–Crippen MR) is 53.3 cm³/mol. The van der Waals surface area contributed by atoms with Crippen LogP contribution in [0.4, 0.5) is 0 Å². The quantitative estimate of drug-likeness (QED) is 0.662. The van der Waals surface area contributed by atoms with E-state index >= 15 is 0 Å². The normalized spacial score (nSPS) is 22.5. The summed E-state index contributed by atoms with van der Waals surface area (Å²) in [5.74, 6) is 0. The van der Waals surface area contributed by atoms with Gasteiger partial charge >= 0.3 is 0 Å². The summed E-state index contributed by atoms with van der Waals surface area (Å²) in [4.78, 5) is -0.238.